The molecule has 2 aromatic rings. The third-order valence-electron chi connectivity index (χ3n) is 7.39. The molecular formula is C26H33N3O6S. The zero-order valence-corrected chi connectivity index (χ0v) is 21.6. The van der Waals surface area contributed by atoms with E-state index in [0.717, 1.165) is 11.1 Å². The summed E-state index contributed by atoms with van der Waals surface area (Å²) in [5.41, 5.74) is 2.41. The maximum Gasteiger partial charge on any atom is 0.248 e. The third kappa shape index (κ3) is 5.00. The average Bonchev–Trinajstić information content (AvgIpc) is 3.50. The van der Waals surface area contributed by atoms with Gasteiger partial charge in [0.2, 0.25) is 15.9 Å². The Hall–Kier alpha value is -2.53. The number of ether oxygens (including phenoxy) is 2. The minimum atomic E-state index is -3.81. The molecule has 3 aliphatic heterocycles. The highest BCUT2D eigenvalue weighted by Crippen LogP contribution is 2.34. The van der Waals surface area contributed by atoms with Crippen LogP contribution in [-0.2, 0) is 24.3 Å². The van der Waals surface area contributed by atoms with E-state index in [1.165, 1.54) is 4.31 Å². The van der Waals surface area contributed by atoms with Gasteiger partial charge in [0.25, 0.3) is 0 Å². The number of benzene rings is 1. The minimum Gasteiger partial charge on any atom is -0.355 e. The maximum atomic E-state index is 13.5. The summed E-state index contributed by atoms with van der Waals surface area (Å²) in [5, 5.41) is 3.93. The molecule has 1 aromatic heterocycles. The van der Waals surface area contributed by atoms with Gasteiger partial charge in [0.05, 0.1) is 13.2 Å². The van der Waals surface area contributed by atoms with Crippen molar-refractivity contribution in [2.75, 3.05) is 39.4 Å². The molecule has 0 saturated carbocycles. The molecule has 0 atom stereocenters. The van der Waals surface area contributed by atoms with Crippen LogP contribution in [0.1, 0.15) is 48.3 Å². The number of aryl methyl sites for hydroxylation is 2. The average molecular weight is 516 g/mol. The lowest BCUT2D eigenvalue weighted by Gasteiger charge is -2.40. The van der Waals surface area contributed by atoms with Crippen molar-refractivity contribution in [2.24, 2.45) is 5.92 Å². The van der Waals surface area contributed by atoms with Crippen molar-refractivity contribution in [1.29, 1.82) is 0 Å². The van der Waals surface area contributed by atoms with Crippen LogP contribution in [0, 0.1) is 19.8 Å². The lowest BCUT2D eigenvalue weighted by molar-refractivity contribution is -0.188. The second kappa shape index (κ2) is 10.1. The minimum absolute atomic E-state index is 0.0912. The molecule has 194 valence electrons. The fraction of sp³-hybridized carbons (Fsp3) is 0.538. The summed E-state index contributed by atoms with van der Waals surface area (Å²) in [4.78, 5) is 15.1. The zero-order chi connectivity index (χ0) is 25.3. The highest BCUT2D eigenvalue weighted by Gasteiger charge is 2.42. The first-order valence-electron chi connectivity index (χ1n) is 12.6. The molecule has 4 heterocycles. The number of likely N-dealkylation sites (tertiary alicyclic amines) is 1. The predicted molar refractivity (Wildman–Crippen MR) is 133 cm³/mol. The van der Waals surface area contributed by atoms with E-state index in [2.05, 4.69) is 5.16 Å². The Morgan fingerprint density at radius 1 is 1.00 bits per heavy atom. The summed E-state index contributed by atoms with van der Waals surface area (Å²) < 4.78 is 45.4. The SMILES string of the molecule is Cc1ccc(C=Cc2onc(C)c2S(=O)(=O)N2CCC(C(=O)N3CCC4(CC3)OCCO4)CC2)cc1. The van der Waals surface area contributed by atoms with Gasteiger partial charge >= 0.3 is 0 Å². The van der Waals surface area contributed by atoms with Gasteiger partial charge in [-0.3, -0.25) is 4.79 Å². The molecule has 5 rings (SSSR count). The summed E-state index contributed by atoms with van der Waals surface area (Å²) in [6, 6.07) is 7.90. The summed E-state index contributed by atoms with van der Waals surface area (Å²) in [5.74, 6) is -0.385. The van der Waals surface area contributed by atoms with Gasteiger partial charge in [-0.1, -0.05) is 41.1 Å². The number of sulfonamides is 1. The molecule has 3 aliphatic rings. The van der Waals surface area contributed by atoms with Crippen molar-refractivity contribution in [1.82, 2.24) is 14.4 Å². The molecule has 1 spiro atoms. The first kappa shape index (κ1) is 25.1. The Morgan fingerprint density at radius 3 is 2.28 bits per heavy atom. The van der Waals surface area contributed by atoms with E-state index in [1.807, 2.05) is 42.2 Å². The predicted octanol–water partition coefficient (Wildman–Crippen LogP) is 3.23. The van der Waals surface area contributed by atoms with Gasteiger partial charge < -0.3 is 18.9 Å². The topological polar surface area (TPSA) is 102 Å². The number of rotatable bonds is 5. The number of piperidine rings is 2. The molecule has 0 unspecified atom stereocenters. The summed E-state index contributed by atoms with van der Waals surface area (Å²) >= 11 is 0. The van der Waals surface area contributed by atoms with Crippen LogP contribution >= 0.6 is 0 Å². The van der Waals surface area contributed by atoms with Crippen molar-refractivity contribution in [3.05, 3.63) is 46.8 Å². The van der Waals surface area contributed by atoms with E-state index in [9.17, 15) is 13.2 Å². The number of hydrogen-bond donors (Lipinski definition) is 0. The van der Waals surface area contributed by atoms with Gasteiger partial charge in [-0.05, 0) is 38.3 Å². The van der Waals surface area contributed by atoms with Crippen molar-refractivity contribution < 1.29 is 27.2 Å². The molecule has 1 amide bonds. The number of carbonyl (C=O) groups is 1. The molecule has 36 heavy (non-hydrogen) atoms. The molecule has 3 saturated heterocycles. The van der Waals surface area contributed by atoms with Gasteiger partial charge in [-0.2, -0.15) is 4.31 Å². The van der Waals surface area contributed by atoms with E-state index < -0.39 is 15.8 Å². The molecule has 3 fully saturated rings. The number of aromatic nitrogens is 1. The van der Waals surface area contributed by atoms with Gasteiger partial charge in [-0.25, -0.2) is 8.42 Å². The molecule has 0 bridgehead atoms. The Morgan fingerprint density at radius 2 is 1.64 bits per heavy atom. The zero-order valence-electron chi connectivity index (χ0n) is 20.8. The van der Waals surface area contributed by atoms with Crippen LogP contribution in [0.3, 0.4) is 0 Å². The third-order valence-corrected chi connectivity index (χ3v) is 9.45. The highest BCUT2D eigenvalue weighted by molar-refractivity contribution is 7.89. The lowest BCUT2D eigenvalue weighted by atomic mass is 9.94. The van der Waals surface area contributed by atoms with Crippen LogP contribution < -0.4 is 0 Å². The largest absolute Gasteiger partial charge is 0.355 e. The second-order valence-electron chi connectivity index (χ2n) is 9.82. The summed E-state index contributed by atoms with van der Waals surface area (Å²) in [6.45, 7) is 6.64. The van der Waals surface area contributed by atoms with Crippen LogP contribution in [0.2, 0.25) is 0 Å². The smallest absolute Gasteiger partial charge is 0.248 e. The highest BCUT2D eigenvalue weighted by atomic mass is 32.2. The molecule has 0 N–H and O–H groups in total. The number of carbonyl (C=O) groups excluding carboxylic acids is 1. The molecule has 1 aromatic carbocycles. The Labute approximate surface area is 212 Å². The van der Waals surface area contributed by atoms with Crippen molar-refractivity contribution in [2.45, 2.75) is 50.2 Å². The van der Waals surface area contributed by atoms with Gasteiger partial charge in [0.15, 0.2) is 16.4 Å². The monoisotopic (exact) mass is 515 g/mol. The fourth-order valence-electron chi connectivity index (χ4n) is 5.23. The Balaban J connectivity index is 1.22. The summed E-state index contributed by atoms with van der Waals surface area (Å²) in [7, 11) is -3.81. The lowest BCUT2D eigenvalue weighted by Crippen LogP contribution is -2.50. The van der Waals surface area contributed by atoms with Crippen LogP contribution in [0.25, 0.3) is 12.2 Å². The van der Waals surface area contributed by atoms with Gasteiger partial charge in [0, 0.05) is 44.9 Å². The Bertz CT molecular complexity index is 1210. The maximum absolute atomic E-state index is 13.5. The van der Waals surface area contributed by atoms with Crippen molar-refractivity contribution >= 4 is 28.1 Å². The molecular weight excluding hydrogens is 482 g/mol. The molecule has 0 aliphatic carbocycles. The fourth-order valence-corrected chi connectivity index (χ4v) is 6.95. The summed E-state index contributed by atoms with van der Waals surface area (Å²) in [6.07, 6.45) is 5.80. The van der Waals surface area contributed by atoms with E-state index in [1.54, 1.807) is 13.0 Å². The van der Waals surface area contributed by atoms with Crippen LogP contribution in [0.5, 0.6) is 0 Å². The number of nitrogens with zero attached hydrogens (tertiary/aromatic N) is 3. The van der Waals surface area contributed by atoms with Crippen molar-refractivity contribution in [3.8, 4) is 0 Å². The van der Waals surface area contributed by atoms with Crippen LogP contribution in [0.15, 0.2) is 33.7 Å². The van der Waals surface area contributed by atoms with Crippen LogP contribution in [-0.4, -0.2) is 73.9 Å². The molecule has 10 heteroatoms. The molecule has 9 nitrogen and oxygen atoms in total. The second-order valence-corrected chi connectivity index (χ2v) is 11.7. The first-order valence-corrected chi connectivity index (χ1v) is 14.0. The normalized spacial score (nSPS) is 21.6. The quantitative estimate of drug-likeness (QED) is 0.602. The van der Waals surface area contributed by atoms with Gasteiger partial charge in [0.1, 0.15) is 5.69 Å². The van der Waals surface area contributed by atoms with Crippen molar-refractivity contribution in [3.63, 3.8) is 0 Å². The van der Waals surface area contributed by atoms with E-state index in [4.69, 9.17) is 14.0 Å². The first-order chi connectivity index (χ1) is 17.3. The number of hydrogen-bond acceptors (Lipinski definition) is 7. The van der Waals surface area contributed by atoms with E-state index in [0.29, 0.717) is 57.7 Å². The van der Waals surface area contributed by atoms with Gasteiger partial charge in [-0.15, -0.1) is 0 Å². The standard InChI is InChI=1S/C26H33N3O6S/c1-19-3-5-21(6-4-19)7-8-23-24(20(2)27-35-23)36(31,32)29-13-9-22(10-14-29)25(30)28-15-11-26(12-16-28)33-17-18-34-26/h3-8,22H,9-18H2,1-2H3. The molecule has 0 radical (unpaired) electrons. The Kier molecular flexibility index (Phi) is 7.04. The van der Waals surface area contributed by atoms with E-state index >= 15 is 0 Å². The number of amides is 1. The van der Waals surface area contributed by atoms with E-state index in [-0.39, 0.29) is 35.6 Å². The van der Waals surface area contributed by atoms with Crippen LogP contribution in [0.4, 0.5) is 0 Å².